The van der Waals surface area contributed by atoms with Crippen molar-refractivity contribution in [2.45, 2.75) is 37.6 Å². The van der Waals surface area contributed by atoms with Crippen LogP contribution in [0.4, 0.5) is 0 Å². The Kier molecular flexibility index (Phi) is 3.03. The summed E-state index contributed by atoms with van der Waals surface area (Å²) in [6, 6.07) is 0. The number of methoxy groups -OCH3 is 1. The second kappa shape index (κ2) is 3.68. The molecule has 1 saturated heterocycles. The normalized spacial score (nSPS) is 49.2. The third-order valence-electron chi connectivity index (χ3n) is 2.04. The number of hydrogen-bond donors (Lipinski definition) is 3. The lowest BCUT2D eigenvalue weighted by atomic mass is 10.0. The van der Waals surface area contributed by atoms with Crippen LogP contribution < -0.4 is 0 Å². The molecule has 5 atom stereocenters. The number of aliphatic hydroxyl groups excluding tert-OH is 3. The molecule has 0 radical (unpaired) electrons. The van der Waals surface area contributed by atoms with Crippen molar-refractivity contribution in [3.8, 4) is 0 Å². The van der Waals surface area contributed by atoms with E-state index in [0.29, 0.717) is 0 Å². The Morgan fingerprint density at radius 2 is 1.67 bits per heavy atom. The molecule has 0 saturated carbocycles. The Balaban J connectivity index is 2.63. The molecule has 0 unspecified atom stereocenters. The summed E-state index contributed by atoms with van der Waals surface area (Å²) in [7, 11) is 1.37. The van der Waals surface area contributed by atoms with Gasteiger partial charge in [0, 0.05) is 7.11 Å². The molecule has 5 nitrogen and oxygen atoms in total. The lowest BCUT2D eigenvalue weighted by Crippen LogP contribution is -2.57. The van der Waals surface area contributed by atoms with Crippen molar-refractivity contribution in [3.63, 3.8) is 0 Å². The Morgan fingerprint density at radius 3 is 2.17 bits per heavy atom. The summed E-state index contributed by atoms with van der Waals surface area (Å²) in [6.45, 7) is 1.60. The zero-order valence-corrected chi connectivity index (χ0v) is 7.04. The molecule has 0 amide bonds. The van der Waals surface area contributed by atoms with Crippen LogP contribution in [0.2, 0.25) is 0 Å². The predicted molar refractivity (Wildman–Crippen MR) is 39.4 cm³/mol. The molecule has 12 heavy (non-hydrogen) atoms. The molecule has 3 N–H and O–H groups in total. The van der Waals surface area contributed by atoms with Gasteiger partial charge < -0.3 is 24.8 Å². The highest BCUT2D eigenvalue weighted by atomic mass is 16.7. The van der Waals surface area contributed by atoms with E-state index in [-0.39, 0.29) is 0 Å². The molecule has 5 heteroatoms. The molecule has 0 aromatic carbocycles. The van der Waals surface area contributed by atoms with Gasteiger partial charge in [-0.25, -0.2) is 0 Å². The van der Waals surface area contributed by atoms with Gasteiger partial charge >= 0.3 is 0 Å². The van der Waals surface area contributed by atoms with Gasteiger partial charge in [-0.2, -0.15) is 0 Å². The third kappa shape index (κ3) is 1.60. The van der Waals surface area contributed by atoms with Crippen molar-refractivity contribution in [1.82, 2.24) is 0 Å². The summed E-state index contributed by atoms with van der Waals surface area (Å²) in [5, 5.41) is 27.8. The van der Waals surface area contributed by atoms with Crippen molar-refractivity contribution in [2.75, 3.05) is 7.11 Å². The van der Waals surface area contributed by atoms with Crippen LogP contribution in [-0.2, 0) is 9.47 Å². The Labute approximate surface area is 70.5 Å². The lowest BCUT2D eigenvalue weighted by Gasteiger charge is -2.38. The zero-order chi connectivity index (χ0) is 9.30. The fraction of sp³-hybridized carbons (Fsp3) is 1.00. The standard InChI is InChI=1S/C7H14O5/c1-3-4(8)5(9)6(10)7(11-2)12-3/h3-10H,1-2H3/t3-,4-,5+,6+,7+/m1/s1. The van der Waals surface area contributed by atoms with Gasteiger partial charge in [-0.05, 0) is 6.92 Å². The fourth-order valence-corrected chi connectivity index (χ4v) is 1.21. The SMILES string of the molecule is CO[C@H]1O[C@H](C)[C@@H](O)[C@H](O)[C@@H]1O. The van der Waals surface area contributed by atoms with Crippen molar-refractivity contribution in [1.29, 1.82) is 0 Å². The maximum Gasteiger partial charge on any atom is 0.186 e. The van der Waals surface area contributed by atoms with Crippen LogP contribution in [0.5, 0.6) is 0 Å². The first-order valence-corrected chi connectivity index (χ1v) is 3.80. The average Bonchev–Trinajstić information content (AvgIpc) is 2.08. The minimum atomic E-state index is -1.21. The molecule has 0 aromatic heterocycles. The highest BCUT2D eigenvalue weighted by molar-refractivity contribution is 4.86. The van der Waals surface area contributed by atoms with E-state index < -0.39 is 30.7 Å². The monoisotopic (exact) mass is 178 g/mol. The Morgan fingerprint density at radius 1 is 1.08 bits per heavy atom. The molecule has 1 fully saturated rings. The largest absolute Gasteiger partial charge is 0.388 e. The van der Waals surface area contributed by atoms with E-state index >= 15 is 0 Å². The van der Waals surface area contributed by atoms with E-state index in [0.717, 1.165) is 0 Å². The molecular formula is C7H14O5. The van der Waals surface area contributed by atoms with Gasteiger partial charge in [0.2, 0.25) is 0 Å². The molecule has 1 aliphatic heterocycles. The summed E-state index contributed by atoms with van der Waals surface area (Å²) in [5.41, 5.74) is 0. The van der Waals surface area contributed by atoms with E-state index in [2.05, 4.69) is 0 Å². The number of hydrogen-bond acceptors (Lipinski definition) is 5. The van der Waals surface area contributed by atoms with Crippen molar-refractivity contribution < 1.29 is 24.8 Å². The van der Waals surface area contributed by atoms with Gasteiger partial charge in [-0.1, -0.05) is 0 Å². The molecule has 0 aromatic rings. The van der Waals surface area contributed by atoms with Crippen molar-refractivity contribution in [3.05, 3.63) is 0 Å². The van der Waals surface area contributed by atoms with Crippen LogP contribution in [0.3, 0.4) is 0 Å². The molecular weight excluding hydrogens is 164 g/mol. The average molecular weight is 178 g/mol. The summed E-state index contributed by atoms with van der Waals surface area (Å²) >= 11 is 0. The second-order valence-electron chi connectivity index (χ2n) is 2.92. The smallest absolute Gasteiger partial charge is 0.186 e. The van der Waals surface area contributed by atoms with Crippen LogP contribution in [-0.4, -0.2) is 53.1 Å². The Bertz CT molecular complexity index is 146. The zero-order valence-electron chi connectivity index (χ0n) is 7.04. The van der Waals surface area contributed by atoms with Crippen LogP contribution in [0.1, 0.15) is 6.92 Å². The molecule has 72 valence electrons. The molecule has 0 spiro atoms. The van der Waals surface area contributed by atoms with E-state index in [1.54, 1.807) is 6.92 Å². The van der Waals surface area contributed by atoms with Crippen LogP contribution in [0, 0.1) is 0 Å². The lowest BCUT2D eigenvalue weighted by molar-refractivity contribution is -0.286. The summed E-state index contributed by atoms with van der Waals surface area (Å²) in [5.74, 6) is 0. The van der Waals surface area contributed by atoms with Crippen molar-refractivity contribution >= 4 is 0 Å². The number of rotatable bonds is 1. The molecule has 0 aliphatic carbocycles. The van der Waals surface area contributed by atoms with E-state index in [4.69, 9.17) is 9.47 Å². The highest BCUT2D eigenvalue weighted by Gasteiger charge is 2.41. The molecule has 1 aliphatic rings. The molecule has 1 rings (SSSR count). The van der Waals surface area contributed by atoms with Crippen LogP contribution >= 0.6 is 0 Å². The van der Waals surface area contributed by atoms with Crippen molar-refractivity contribution in [2.24, 2.45) is 0 Å². The van der Waals surface area contributed by atoms with E-state index in [1.807, 2.05) is 0 Å². The van der Waals surface area contributed by atoms with Gasteiger partial charge in [0.15, 0.2) is 6.29 Å². The van der Waals surface area contributed by atoms with Gasteiger partial charge in [0.25, 0.3) is 0 Å². The van der Waals surface area contributed by atoms with Gasteiger partial charge in [0.05, 0.1) is 6.10 Å². The maximum atomic E-state index is 9.27. The molecule has 0 bridgehead atoms. The van der Waals surface area contributed by atoms with Gasteiger partial charge in [-0.15, -0.1) is 0 Å². The Hall–Kier alpha value is -0.200. The van der Waals surface area contributed by atoms with Crippen LogP contribution in [0.25, 0.3) is 0 Å². The predicted octanol–water partition coefficient (Wildman–Crippen LogP) is -1.54. The van der Waals surface area contributed by atoms with Gasteiger partial charge in [-0.3, -0.25) is 0 Å². The summed E-state index contributed by atoms with van der Waals surface area (Å²) in [4.78, 5) is 0. The first-order chi connectivity index (χ1) is 5.57. The minimum absolute atomic E-state index is 0.534. The van der Waals surface area contributed by atoms with E-state index in [1.165, 1.54) is 7.11 Å². The second-order valence-corrected chi connectivity index (χ2v) is 2.92. The summed E-state index contributed by atoms with van der Waals surface area (Å²) < 4.78 is 9.80. The maximum absolute atomic E-state index is 9.27. The molecule has 1 heterocycles. The van der Waals surface area contributed by atoms with E-state index in [9.17, 15) is 15.3 Å². The first kappa shape index (κ1) is 9.88. The topological polar surface area (TPSA) is 79.2 Å². The number of aliphatic hydroxyl groups is 3. The summed E-state index contributed by atoms with van der Waals surface area (Å²) in [6.07, 6.45) is -4.86. The fourth-order valence-electron chi connectivity index (χ4n) is 1.21. The third-order valence-corrected chi connectivity index (χ3v) is 2.04. The van der Waals surface area contributed by atoms with Crippen LogP contribution in [0.15, 0.2) is 0 Å². The quantitative estimate of drug-likeness (QED) is 0.453. The first-order valence-electron chi connectivity index (χ1n) is 3.80. The number of ether oxygens (including phenoxy) is 2. The highest BCUT2D eigenvalue weighted by Crippen LogP contribution is 2.20. The van der Waals surface area contributed by atoms with Gasteiger partial charge in [0.1, 0.15) is 18.3 Å². The minimum Gasteiger partial charge on any atom is -0.388 e.